The van der Waals surface area contributed by atoms with Crippen LogP contribution >= 0.6 is 0 Å². The highest BCUT2D eigenvalue weighted by Crippen LogP contribution is 2.47. The highest BCUT2D eigenvalue weighted by atomic mass is 15.1. The van der Waals surface area contributed by atoms with E-state index >= 15 is 0 Å². The summed E-state index contributed by atoms with van der Waals surface area (Å²) in [5.41, 5.74) is 5.09. The van der Waals surface area contributed by atoms with E-state index in [2.05, 4.69) is 95.6 Å². The van der Waals surface area contributed by atoms with E-state index in [0.29, 0.717) is 0 Å². The molecule has 0 fully saturated rings. The smallest absolute Gasteiger partial charge is 0.0758 e. The molecule has 124 valence electrons. The zero-order valence-corrected chi connectivity index (χ0v) is 14.2. The third-order valence-electron chi connectivity index (χ3n) is 5.72. The molecule has 4 aromatic rings. The number of anilines is 2. The Morgan fingerprint density at radius 2 is 1.15 bits per heavy atom. The lowest BCUT2D eigenvalue weighted by Gasteiger charge is -2.39. The van der Waals surface area contributed by atoms with Crippen molar-refractivity contribution in [3.63, 3.8) is 0 Å². The second-order valence-corrected chi connectivity index (χ2v) is 7.12. The van der Waals surface area contributed by atoms with Crippen LogP contribution in [0.2, 0.25) is 0 Å². The van der Waals surface area contributed by atoms with E-state index in [0.717, 1.165) is 0 Å². The van der Waals surface area contributed by atoms with Crippen molar-refractivity contribution in [2.75, 3.05) is 10.6 Å². The van der Waals surface area contributed by atoms with Crippen molar-refractivity contribution in [1.82, 2.24) is 0 Å². The van der Waals surface area contributed by atoms with Gasteiger partial charge in [0.25, 0.3) is 0 Å². The quantitative estimate of drug-likeness (QED) is 0.387. The highest BCUT2D eigenvalue weighted by molar-refractivity contribution is 6.20. The van der Waals surface area contributed by atoms with Crippen molar-refractivity contribution >= 4 is 39.0 Å². The Morgan fingerprint density at radius 1 is 0.577 bits per heavy atom. The Labute approximate surface area is 152 Å². The molecule has 0 aromatic heterocycles. The second-order valence-electron chi connectivity index (χ2n) is 7.12. The average molecular weight is 334 g/mol. The Balaban J connectivity index is 1.66. The molecule has 2 aliphatic rings. The summed E-state index contributed by atoms with van der Waals surface area (Å²) in [5.74, 6) is 0. The van der Waals surface area contributed by atoms with Crippen molar-refractivity contribution in [3.8, 4) is 0 Å². The van der Waals surface area contributed by atoms with Gasteiger partial charge in [0, 0.05) is 10.8 Å². The van der Waals surface area contributed by atoms with Gasteiger partial charge < -0.3 is 10.6 Å². The van der Waals surface area contributed by atoms with E-state index in [4.69, 9.17) is 0 Å². The van der Waals surface area contributed by atoms with Crippen LogP contribution in [-0.4, -0.2) is 6.04 Å². The molecular weight excluding hydrogens is 316 g/mol. The Morgan fingerprint density at radius 3 is 1.88 bits per heavy atom. The number of nitrogens with one attached hydrogen (secondary N) is 2. The first kappa shape index (κ1) is 14.0. The summed E-state index contributed by atoms with van der Waals surface area (Å²) in [5, 5.41) is 12.9. The van der Waals surface area contributed by atoms with Crippen molar-refractivity contribution in [3.05, 3.63) is 90.0 Å². The zero-order valence-electron chi connectivity index (χ0n) is 14.2. The summed E-state index contributed by atoms with van der Waals surface area (Å²) < 4.78 is 0. The fourth-order valence-electron chi connectivity index (χ4n) is 4.52. The predicted octanol–water partition coefficient (Wildman–Crippen LogP) is 5.97. The molecule has 0 spiro atoms. The van der Waals surface area contributed by atoms with Gasteiger partial charge in [-0.25, -0.2) is 0 Å². The van der Waals surface area contributed by atoms with Gasteiger partial charge in [0.05, 0.1) is 23.5 Å². The van der Waals surface area contributed by atoms with Crippen molar-refractivity contribution in [2.45, 2.75) is 12.1 Å². The molecule has 2 N–H and O–H groups in total. The highest BCUT2D eigenvalue weighted by Gasteiger charge is 2.32. The molecule has 0 radical (unpaired) electrons. The van der Waals surface area contributed by atoms with Crippen molar-refractivity contribution in [2.24, 2.45) is 0 Å². The van der Waals surface area contributed by atoms with Crippen LogP contribution in [0, 0.1) is 0 Å². The lowest BCUT2D eigenvalue weighted by molar-refractivity contribution is 0.695. The Hall–Kier alpha value is -3.26. The second kappa shape index (κ2) is 5.12. The fourth-order valence-corrected chi connectivity index (χ4v) is 4.52. The first-order chi connectivity index (χ1) is 12.9. The van der Waals surface area contributed by atoms with Crippen LogP contribution in [-0.2, 0) is 0 Å². The summed E-state index contributed by atoms with van der Waals surface area (Å²) >= 11 is 0. The lowest BCUT2D eigenvalue weighted by atomic mass is 9.86. The zero-order chi connectivity index (χ0) is 17.1. The molecule has 0 bridgehead atoms. The first-order valence-corrected chi connectivity index (χ1v) is 9.14. The maximum Gasteiger partial charge on any atom is 0.0758 e. The van der Waals surface area contributed by atoms with Crippen LogP contribution in [0.15, 0.2) is 78.9 Å². The maximum atomic E-state index is 3.88. The molecule has 2 nitrogen and oxygen atoms in total. The molecule has 0 saturated heterocycles. The summed E-state index contributed by atoms with van der Waals surface area (Å²) in [6.07, 6.45) is 4.52. The predicted molar refractivity (Wildman–Crippen MR) is 111 cm³/mol. The van der Waals surface area contributed by atoms with Gasteiger partial charge in [0.2, 0.25) is 0 Å². The molecule has 26 heavy (non-hydrogen) atoms. The molecule has 1 heterocycles. The first-order valence-electron chi connectivity index (χ1n) is 9.14. The van der Waals surface area contributed by atoms with E-state index in [9.17, 15) is 0 Å². The van der Waals surface area contributed by atoms with Crippen LogP contribution < -0.4 is 10.6 Å². The van der Waals surface area contributed by atoms with E-state index in [1.807, 2.05) is 0 Å². The lowest BCUT2D eigenvalue weighted by Crippen LogP contribution is -2.37. The topological polar surface area (TPSA) is 24.1 Å². The summed E-state index contributed by atoms with van der Waals surface area (Å²) in [4.78, 5) is 0. The van der Waals surface area contributed by atoms with E-state index in [-0.39, 0.29) is 12.1 Å². The summed E-state index contributed by atoms with van der Waals surface area (Å²) in [7, 11) is 0. The molecule has 4 aromatic carbocycles. The fraction of sp³-hybridized carbons (Fsp3) is 0.0833. The van der Waals surface area contributed by atoms with Crippen LogP contribution in [0.1, 0.15) is 17.2 Å². The maximum absolute atomic E-state index is 3.88. The molecule has 1 aliphatic heterocycles. The number of rotatable bonds is 0. The molecule has 2 unspecified atom stereocenters. The number of hydrogen-bond donors (Lipinski definition) is 2. The van der Waals surface area contributed by atoms with Gasteiger partial charge in [-0.05, 0) is 21.9 Å². The number of hydrogen-bond acceptors (Lipinski definition) is 2. The average Bonchev–Trinajstić information content (AvgIpc) is 2.73. The van der Waals surface area contributed by atoms with Gasteiger partial charge in [0.1, 0.15) is 0 Å². The number of benzene rings is 4. The Kier molecular flexibility index (Phi) is 2.75. The van der Waals surface area contributed by atoms with E-state index in [1.165, 1.54) is 44.0 Å². The van der Waals surface area contributed by atoms with Crippen LogP contribution in [0.25, 0.3) is 27.6 Å². The third-order valence-corrected chi connectivity index (χ3v) is 5.72. The van der Waals surface area contributed by atoms with E-state index < -0.39 is 0 Å². The van der Waals surface area contributed by atoms with Crippen molar-refractivity contribution < 1.29 is 0 Å². The SMILES string of the molecule is C1=CC2Nc3c(c4ccccc4c4ccccc34)NC2c2ccccc21. The molecule has 0 amide bonds. The van der Waals surface area contributed by atoms with Gasteiger partial charge in [-0.15, -0.1) is 0 Å². The molecule has 1 aliphatic carbocycles. The molecule has 0 saturated carbocycles. The molecule has 2 heteroatoms. The van der Waals surface area contributed by atoms with Gasteiger partial charge in [-0.3, -0.25) is 0 Å². The number of fused-ring (bicyclic) bond motifs is 9. The monoisotopic (exact) mass is 334 g/mol. The van der Waals surface area contributed by atoms with Crippen molar-refractivity contribution in [1.29, 1.82) is 0 Å². The minimum Gasteiger partial charge on any atom is -0.374 e. The van der Waals surface area contributed by atoms with Gasteiger partial charge in [-0.2, -0.15) is 0 Å². The normalized spacial score (nSPS) is 20.0. The summed E-state index contributed by atoms with van der Waals surface area (Å²) in [6, 6.07) is 26.5. The van der Waals surface area contributed by atoms with Crippen LogP contribution in [0.5, 0.6) is 0 Å². The van der Waals surface area contributed by atoms with Gasteiger partial charge in [0.15, 0.2) is 0 Å². The van der Waals surface area contributed by atoms with E-state index in [1.54, 1.807) is 0 Å². The van der Waals surface area contributed by atoms with Gasteiger partial charge in [-0.1, -0.05) is 84.9 Å². The molecular formula is C24H18N2. The van der Waals surface area contributed by atoms with Gasteiger partial charge >= 0.3 is 0 Å². The summed E-state index contributed by atoms with van der Waals surface area (Å²) in [6.45, 7) is 0. The largest absolute Gasteiger partial charge is 0.374 e. The minimum absolute atomic E-state index is 0.244. The molecule has 6 rings (SSSR count). The minimum atomic E-state index is 0.244. The third kappa shape index (κ3) is 1.81. The standard InChI is InChI=1S/C24H18N2/c1-2-8-16-15(7-1)13-14-21-22(16)26-24-20-12-6-4-10-18(20)17-9-3-5-11-19(17)23(24)25-21/h1-14,21-22,25-26H. The Bertz CT molecular complexity index is 1210. The van der Waals surface area contributed by atoms with Crippen LogP contribution in [0.4, 0.5) is 11.4 Å². The molecule has 2 atom stereocenters. The van der Waals surface area contributed by atoms with Crippen LogP contribution in [0.3, 0.4) is 0 Å².